The number of alkyl halides is 3. The average molecular weight is 426 g/mol. The molecule has 0 saturated carbocycles. The van der Waals surface area contributed by atoms with Gasteiger partial charge in [-0.15, -0.1) is 0 Å². The van der Waals surface area contributed by atoms with Crippen molar-refractivity contribution in [2.24, 2.45) is 0 Å². The van der Waals surface area contributed by atoms with Gasteiger partial charge in [-0.05, 0) is 44.5 Å². The van der Waals surface area contributed by atoms with Crippen LogP contribution in [0, 0.1) is 0 Å². The number of aromatic nitrogens is 2. The number of ether oxygens (including phenoxy) is 1. The van der Waals surface area contributed by atoms with Crippen LogP contribution in [0.1, 0.15) is 59.6 Å². The van der Waals surface area contributed by atoms with Crippen LogP contribution in [0.25, 0.3) is 0 Å². The first-order chi connectivity index (χ1) is 14.2. The SMILES string of the molecule is CCOc1ccc(C(=O)NCCNC(=O)c2cn(C(C)CC)nc2C(F)(F)F)cc1. The molecule has 1 unspecified atom stereocenters. The highest BCUT2D eigenvalue weighted by atomic mass is 19.4. The highest BCUT2D eigenvalue weighted by molar-refractivity contribution is 5.96. The number of rotatable bonds is 9. The lowest BCUT2D eigenvalue weighted by molar-refractivity contribution is -0.141. The van der Waals surface area contributed by atoms with E-state index in [1.165, 1.54) is 0 Å². The van der Waals surface area contributed by atoms with E-state index >= 15 is 0 Å². The largest absolute Gasteiger partial charge is 0.494 e. The molecule has 30 heavy (non-hydrogen) atoms. The number of hydrogen-bond donors (Lipinski definition) is 2. The quantitative estimate of drug-likeness (QED) is 0.602. The minimum atomic E-state index is -4.74. The predicted molar refractivity (Wildman–Crippen MR) is 105 cm³/mol. The summed E-state index contributed by atoms with van der Waals surface area (Å²) in [5.41, 5.74) is -1.36. The Morgan fingerprint density at radius 3 is 2.23 bits per heavy atom. The molecule has 1 atom stereocenters. The Balaban J connectivity index is 1.92. The molecule has 2 aromatic rings. The molecule has 0 bridgehead atoms. The van der Waals surface area contributed by atoms with Crippen molar-refractivity contribution in [2.75, 3.05) is 19.7 Å². The first kappa shape index (κ1) is 23.2. The standard InChI is InChI=1S/C20H25F3N4O3/c1-4-13(3)27-12-16(17(26-27)20(21,22)23)19(29)25-11-10-24-18(28)14-6-8-15(9-7-14)30-5-2/h6-9,12-13H,4-5,10-11H2,1-3H3,(H,24,28)(H,25,29). The van der Waals surface area contributed by atoms with Crippen LogP contribution in [0.4, 0.5) is 13.2 Å². The van der Waals surface area contributed by atoms with E-state index in [0.29, 0.717) is 24.3 Å². The molecule has 2 amide bonds. The van der Waals surface area contributed by atoms with Gasteiger partial charge in [0.2, 0.25) is 0 Å². The fourth-order valence-corrected chi connectivity index (χ4v) is 2.60. The van der Waals surface area contributed by atoms with Crippen molar-refractivity contribution in [3.8, 4) is 5.75 Å². The number of nitrogens with one attached hydrogen (secondary N) is 2. The lowest BCUT2D eigenvalue weighted by atomic mass is 10.2. The zero-order chi connectivity index (χ0) is 22.3. The van der Waals surface area contributed by atoms with Gasteiger partial charge in [-0.3, -0.25) is 14.3 Å². The monoisotopic (exact) mass is 426 g/mol. The van der Waals surface area contributed by atoms with Gasteiger partial charge in [0.1, 0.15) is 5.75 Å². The van der Waals surface area contributed by atoms with Crippen LogP contribution in [0.15, 0.2) is 30.5 Å². The summed E-state index contributed by atoms with van der Waals surface area (Å²) < 4.78 is 46.1. The van der Waals surface area contributed by atoms with Gasteiger partial charge in [-0.2, -0.15) is 18.3 Å². The number of carbonyl (C=O) groups is 2. The molecule has 1 aromatic heterocycles. The van der Waals surface area contributed by atoms with Crippen LogP contribution in [0.3, 0.4) is 0 Å². The minimum absolute atomic E-state index is 0.0343. The van der Waals surface area contributed by atoms with Crippen LogP contribution in [0.5, 0.6) is 5.75 Å². The zero-order valence-electron chi connectivity index (χ0n) is 17.0. The summed E-state index contributed by atoms with van der Waals surface area (Å²) >= 11 is 0. The van der Waals surface area contributed by atoms with Gasteiger partial charge >= 0.3 is 6.18 Å². The Hall–Kier alpha value is -3.04. The van der Waals surface area contributed by atoms with Crippen molar-refractivity contribution in [1.29, 1.82) is 0 Å². The van der Waals surface area contributed by atoms with Crippen LogP contribution in [-0.2, 0) is 6.18 Å². The van der Waals surface area contributed by atoms with E-state index < -0.39 is 23.3 Å². The van der Waals surface area contributed by atoms with Gasteiger partial charge in [0.05, 0.1) is 12.2 Å². The molecule has 10 heteroatoms. The van der Waals surface area contributed by atoms with Crippen LogP contribution in [0.2, 0.25) is 0 Å². The minimum Gasteiger partial charge on any atom is -0.494 e. The van der Waals surface area contributed by atoms with Crippen molar-refractivity contribution in [2.45, 2.75) is 39.4 Å². The summed E-state index contributed by atoms with van der Waals surface area (Å²) in [7, 11) is 0. The van der Waals surface area contributed by atoms with Gasteiger partial charge in [0.15, 0.2) is 5.69 Å². The molecule has 0 fully saturated rings. The van der Waals surface area contributed by atoms with Gasteiger partial charge in [0.25, 0.3) is 11.8 Å². The third-order valence-corrected chi connectivity index (χ3v) is 4.41. The maximum atomic E-state index is 13.2. The summed E-state index contributed by atoms with van der Waals surface area (Å²) in [6.45, 7) is 5.91. The molecule has 1 heterocycles. The second-order valence-electron chi connectivity index (χ2n) is 6.60. The number of hydrogen-bond acceptors (Lipinski definition) is 4. The molecule has 0 aliphatic carbocycles. The molecular weight excluding hydrogens is 401 g/mol. The summed E-state index contributed by atoms with van der Waals surface area (Å²) in [4.78, 5) is 24.4. The Morgan fingerprint density at radius 1 is 1.10 bits per heavy atom. The second-order valence-corrected chi connectivity index (χ2v) is 6.60. The van der Waals surface area contributed by atoms with E-state index in [4.69, 9.17) is 4.74 Å². The molecule has 2 N–H and O–H groups in total. The summed E-state index contributed by atoms with van der Waals surface area (Å²) in [5, 5.41) is 8.53. The van der Waals surface area contributed by atoms with Crippen LogP contribution in [-0.4, -0.2) is 41.3 Å². The molecule has 0 aliphatic heterocycles. The molecule has 2 rings (SSSR count). The van der Waals surface area contributed by atoms with Crippen molar-refractivity contribution >= 4 is 11.8 Å². The van der Waals surface area contributed by atoms with Gasteiger partial charge in [-0.25, -0.2) is 0 Å². The topological polar surface area (TPSA) is 85.3 Å². The fraction of sp³-hybridized carbons (Fsp3) is 0.450. The molecule has 0 spiro atoms. The normalized spacial score (nSPS) is 12.3. The van der Waals surface area contributed by atoms with Gasteiger partial charge in [-0.1, -0.05) is 6.92 Å². The number of benzene rings is 1. The number of halogens is 3. The highest BCUT2D eigenvalue weighted by Crippen LogP contribution is 2.31. The van der Waals surface area contributed by atoms with Crippen molar-refractivity contribution in [3.63, 3.8) is 0 Å². The van der Waals surface area contributed by atoms with Gasteiger partial charge < -0.3 is 15.4 Å². The maximum absolute atomic E-state index is 13.2. The molecule has 7 nitrogen and oxygen atoms in total. The van der Waals surface area contributed by atoms with E-state index in [-0.39, 0.29) is 25.0 Å². The first-order valence-corrected chi connectivity index (χ1v) is 9.62. The Kier molecular flexibility index (Phi) is 7.85. The summed E-state index contributed by atoms with van der Waals surface area (Å²) in [6, 6.07) is 6.23. The van der Waals surface area contributed by atoms with E-state index in [1.54, 1.807) is 31.2 Å². The third kappa shape index (κ3) is 5.98. The second kappa shape index (κ2) is 10.1. The molecule has 0 saturated heterocycles. The third-order valence-electron chi connectivity index (χ3n) is 4.41. The van der Waals surface area contributed by atoms with E-state index in [1.807, 2.05) is 13.8 Å². The molecule has 164 valence electrons. The van der Waals surface area contributed by atoms with E-state index in [9.17, 15) is 22.8 Å². The Bertz CT molecular complexity index is 863. The van der Waals surface area contributed by atoms with Crippen LogP contribution >= 0.6 is 0 Å². The lowest BCUT2D eigenvalue weighted by Gasteiger charge is -2.09. The predicted octanol–water partition coefficient (Wildman–Crippen LogP) is 3.43. The lowest BCUT2D eigenvalue weighted by Crippen LogP contribution is -2.35. The summed E-state index contributed by atoms with van der Waals surface area (Å²) in [5.74, 6) is -0.625. The Labute approximate surface area is 172 Å². The maximum Gasteiger partial charge on any atom is 0.435 e. The van der Waals surface area contributed by atoms with E-state index in [2.05, 4.69) is 15.7 Å². The Morgan fingerprint density at radius 2 is 1.70 bits per heavy atom. The molecule has 0 aliphatic rings. The summed E-state index contributed by atoms with van der Waals surface area (Å²) in [6.07, 6.45) is -3.07. The van der Waals surface area contributed by atoms with Crippen molar-refractivity contribution < 1.29 is 27.5 Å². The molecule has 1 aromatic carbocycles. The van der Waals surface area contributed by atoms with Crippen molar-refractivity contribution in [3.05, 3.63) is 47.3 Å². The number of nitrogens with zero attached hydrogens (tertiary/aromatic N) is 2. The first-order valence-electron chi connectivity index (χ1n) is 9.62. The molecular formula is C20H25F3N4O3. The van der Waals surface area contributed by atoms with Gasteiger partial charge in [0, 0.05) is 30.9 Å². The highest BCUT2D eigenvalue weighted by Gasteiger charge is 2.39. The molecule has 0 radical (unpaired) electrons. The zero-order valence-corrected chi connectivity index (χ0v) is 17.0. The number of carbonyl (C=O) groups excluding carboxylic acids is 2. The van der Waals surface area contributed by atoms with E-state index in [0.717, 1.165) is 10.9 Å². The fourth-order valence-electron chi connectivity index (χ4n) is 2.60. The number of amides is 2. The smallest absolute Gasteiger partial charge is 0.435 e. The van der Waals surface area contributed by atoms with Crippen LogP contribution < -0.4 is 15.4 Å². The van der Waals surface area contributed by atoms with Crippen molar-refractivity contribution in [1.82, 2.24) is 20.4 Å². The average Bonchev–Trinajstić information content (AvgIpc) is 3.17.